The zero-order valence-corrected chi connectivity index (χ0v) is 10.9. The van der Waals surface area contributed by atoms with Crippen molar-refractivity contribution in [1.29, 1.82) is 0 Å². The number of aromatic nitrogens is 1. The molecule has 0 aliphatic carbocycles. The van der Waals surface area contributed by atoms with Crippen molar-refractivity contribution < 1.29 is 4.79 Å². The number of hydrogen-bond donors (Lipinski definition) is 0. The lowest BCUT2D eigenvalue weighted by atomic mass is 9.97. The summed E-state index contributed by atoms with van der Waals surface area (Å²) < 4.78 is 0. The van der Waals surface area contributed by atoms with E-state index >= 15 is 0 Å². The highest BCUT2D eigenvalue weighted by atomic mass is 35.5. The van der Waals surface area contributed by atoms with E-state index in [9.17, 15) is 4.79 Å². The van der Waals surface area contributed by atoms with Crippen molar-refractivity contribution in [3.8, 4) is 0 Å². The predicted molar refractivity (Wildman–Crippen MR) is 68.2 cm³/mol. The minimum Gasteiger partial charge on any atom is -0.332 e. The van der Waals surface area contributed by atoms with Crippen LogP contribution < -0.4 is 0 Å². The van der Waals surface area contributed by atoms with Gasteiger partial charge in [-0.2, -0.15) is 0 Å². The molecule has 0 saturated carbocycles. The van der Waals surface area contributed by atoms with Gasteiger partial charge in [-0.3, -0.25) is 4.79 Å². The monoisotopic (exact) mass is 252 g/mol. The summed E-state index contributed by atoms with van der Waals surface area (Å²) in [6, 6.07) is 5.74. The first kappa shape index (κ1) is 12.4. The van der Waals surface area contributed by atoms with Crippen molar-refractivity contribution in [2.45, 2.75) is 45.2 Å². The Bertz CT molecular complexity index is 412. The van der Waals surface area contributed by atoms with Gasteiger partial charge in [0.2, 0.25) is 0 Å². The molecule has 0 N–H and O–H groups in total. The van der Waals surface area contributed by atoms with E-state index in [1.807, 2.05) is 4.90 Å². The summed E-state index contributed by atoms with van der Waals surface area (Å²) >= 11 is 5.82. The molecule has 2 heterocycles. The Labute approximate surface area is 107 Å². The molecule has 1 amide bonds. The van der Waals surface area contributed by atoms with Gasteiger partial charge < -0.3 is 4.90 Å². The summed E-state index contributed by atoms with van der Waals surface area (Å²) in [7, 11) is 0. The molecular formula is C13H17ClN2O. The first-order valence-corrected chi connectivity index (χ1v) is 6.42. The maximum Gasteiger partial charge on any atom is 0.272 e. The van der Waals surface area contributed by atoms with Crippen LogP contribution in [0.1, 0.15) is 43.6 Å². The predicted octanol–water partition coefficient (Wildman–Crippen LogP) is 3.14. The quantitative estimate of drug-likeness (QED) is 0.720. The molecule has 1 saturated heterocycles. The van der Waals surface area contributed by atoms with Crippen molar-refractivity contribution in [1.82, 2.24) is 9.88 Å². The van der Waals surface area contributed by atoms with Crippen molar-refractivity contribution >= 4 is 17.5 Å². The molecule has 1 aromatic rings. The Balaban J connectivity index is 2.24. The van der Waals surface area contributed by atoms with Gasteiger partial charge in [0, 0.05) is 12.1 Å². The Morgan fingerprint density at radius 1 is 1.35 bits per heavy atom. The van der Waals surface area contributed by atoms with Crippen molar-refractivity contribution in [2.75, 3.05) is 0 Å². The van der Waals surface area contributed by atoms with Crippen LogP contribution in [0.2, 0.25) is 5.15 Å². The van der Waals surface area contributed by atoms with Gasteiger partial charge in [0.05, 0.1) is 0 Å². The topological polar surface area (TPSA) is 33.2 Å². The average molecular weight is 253 g/mol. The van der Waals surface area contributed by atoms with Gasteiger partial charge >= 0.3 is 0 Å². The van der Waals surface area contributed by atoms with E-state index in [-0.39, 0.29) is 18.0 Å². The fraction of sp³-hybridized carbons (Fsp3) is 0.538. The zero-order chi connectivity index (χ0) is 12.4. The highest BCUT2D eigenvalue weighted by Gasteiger charge is 2.30. The van der Waals surface area contributed by atoms with E-state index in [4.69, 9.17) is 11.6 Å². The Morgan fingerprint density at radius 2 is 2.00 bits per heavy atom. The second kappa shape index (κ2) is 5.05. The molecule has 92 valence electrons. The molecule has 0 aromatic carbocycles. The molecule has 1 aliphatic rings. The molecule has 1 aliphatic heterocycles. The lowest BCUT2D eigenvalue weighted by Gasteiger charge is -2.38. The SMILES string of the molecule is CC1CCCC(C)N1C(=O)c1cccc(Cl)n1. The largest absolute Gasteiger partial charge is 0.332 e. The maximum absolute atomic E-state index is 12.4. The van der Waals surface area contributed by atoms with E-state index in [0.717, 1.165) is 12.8 Å². The number of nitrogens with zero attached hydrogens (tertiary/aromatic N) is 2. The summed E-state index contributed by atoms with van der Waals surface area (Å²) in [5, 5.41) is 0.369. The summed E-state index contributed by atoms with van der Waals surface area (Å²) in [6.07, 6.45) is 3.32. The van der Waals surface area contributed by atoms with Crippen LogP contribution in [0.3, 0.4) is 0 Å². The van der Waals surface area contributed by atoms with E-state index in [1.54, 1.807) is 18.2 Å². The smallest absolute Gasteiger partial charge is 0.272 e. The molecule has 3 nitrogen and oxygen atoms in total. The lowest BCUT2D eigenvalue weighted by molar-refractivity contribution is 0.0504. The van der Waals surface area contributed by atoms with E-state index in [2.05, 4.69) is 18.8 Å². The molecule has 2 unspecified atom stereocenters. The number of halogens is 1. The van der Waals surface area contributed by atoms with Gasteiger partial charge in [0.15, 0.2) is 0 Å². The van der Waals surface area contributed by atoms with Crippen LogP contribution in [0.15, 0.2) is 18.2 Å². The third kappa shape index (κ3) is 2.60. The van der Waals surface area contributed by atoms with Gasteiger partial charge in [-0.05, 0) is 45.2 Å². The molecule has 0 radical (unpaired) electrons. The van der Waals surface area contributed by atoms with Gasteiger partial charge in [-0.15, -0.1) is 0 Å². The van der Waals surface area contributed by atoms with Gasteiger partial charge in [0.25, 0.3) is 5.91 Å². The van der Waals surface area contributed by atoms with Crippen molar-refractivity contribution in [2.24, 2.45) is 0 Å². The number of carbonyl (C=O) groups excluding carboxylic acids is 1. The number of amides is 1. The summed E-state index contributed by atoms with van der Waals surface area (Å²) in [6.45, 7) is 4.19. The number of likely N-dealkylation sites (tertiary alicyclic amines) is 1. The molecule has 1 fully saturated rings. The lowest BCUT2D eigenvalue weighted by Crippen LogP contribution is -2.47. The van der Waals surface area contributed by atoms with Crippen LogP contribution in [0.25, 0.3) is 0 Å². The molecule has 0 spiro atoms. The molecule has 1 aromatic heterocycles. The normalized spacial score (nSPS) is 24.8. The summed E-state index contributed by atoms with van der Waals surface area (Å²) in [5.74, 6) is -0.00722. The summed E-state index contributed by atoms with van der Waals surface area (Å²) in [4.78, 5) is 18.4. The minimum atomic E-state index is -0.00722. The van der Waals surface area contributed by atoms with Gasteiger partial charge in [-0.1, -0.05) is 17.7 Å². The number of rotatable bonds is 1. The highest BCUT2D eigenvalue weighted by Crippen LogP contribution is 2.24. The van der Waals surface area contributed by atoms with Crippen LogP contribution >= 0.6 is 11.6 Å². The number of piperidine rings is 1. The Hall–Kier alpha value is -1.09. The van der Waals surface area contributed by atoms with E-state index in [1.165, 1.54) is 6.42 Å². The first-order chi connectivity index (χ1) is 8.09. The van der Waals surface area contributed by atoms with E-state index in [0.29, 0.717) is 10.8 Å². The first-order valence-electron chi connectivity index (χ1n) is 6.05. The molecule has 2 rings (SSSR count). The van der Waals surface area contributed by atoms with Crippen molar-refractivity contribution in [3.05, 3.63) is 29.0 Å². The van der Waals surface area contributed by atoms with Crippen LogP contribution in [-0.4, -0.2) is 27.9 Å². The number of hydrogen-bond acceptors (Lipinski definition) is 2. The Morgan fingerprint density at radius 3 is 2.59 bits per heavy atom. The molecule has 2 atom stereocenters. The Kier molecular flexibility index (Phi) is 3.67. The number of pyridine rings is 1. The average Bonchev–Trinajstić information content (AvgIpc) is 2.28. The van der Waals surface area contributed by atoms with Crippen LogP contribution in [0.5, 0.6) is 0 Å². The highest BCUT2D eigenvalue weighted by molar-refractivity contribution is 6.29. The fourth-order valence-electron chi connectivity index (χ4n) is 2.48. The van der Waals surface area contributed by atoms with Gasteiger partial charge in [0.1, 0.15) is 10.8 Å². The maximum atomic E-state index is 12.4. The minimum absolute atomic E-state index is 0.00722. The zero-order valence-electron chi connectivity index (χ0n) is 10.2. The standard InChI is InChI=1S/C13H17ClN2O/c1-9-5-3-6-10(2)16(9)13(17)11-7-4-8-12(14)15-11/h4,7-10H,3,5-6H2,1-2H3. The van der Waals surface area contributed by atoms with Crippen LogP contribution in [0.4, 0.5) is 0 Å². The second-order valence-corrected chi connectivity index (χ2v) is 5.07. The number of carbonyl (C=O) groups is 1. The third-order valence-corrected chi connectivity index (χ3v) is 3.57. The fourth-order valence-corrected chi connectivity index (χ4v) is 2.65. The van der Waals surface area contributed by atoms with Crippen molar-refractivity contribution in [3.63, 3.8) is 0 Å². The third-order valence-electron chi connectivity index (χ3n) is 3.36. The second-order valence-electron chi connectivity index (χ2n) is 4.69. The molecule has 0 bridgehead atoms. The molecule has 17 heavy (non-hydrogen) atoms. The van der Waals surface area contributed by atoms with Gasteiger partial charge in [-0.25, -0.2) is 4.98 Å². The summed E-state index contributed by atoms with van der Waals surface area (Å²) in [5.41, 5.74) is 0.443. The van der Waals surface area contributed by atoms with Crippen LogP contribution in [-0.2, 0) is 0 Å². The molecule has 4 heteroatoms. The van der Waals surface area contributed by atoms with Crippen LogP contribution in [0, 0.1) is 0 Å². The van der Waals surface area contributed by atoms with E-state index < -0.39 is 0 Å². The molecular weight excluding hydrogens is 236 g/mol.